The number of aromatic nitrogens is 2. The molecule has 1 saturated heterocycles. The minimum absolute atomic E-state index is 0.205. The van der Waals surface area contributed by atoms with Crippen LogP contribution in [0.5, 0.6) is 0 Å². The molecule has 1 fully saturated rings. The van der Waals surface area contributed by atoms with Crippen molar-refractivity contribution in [3.05, 3.63) is 42.4 Å². The van der Waals surface area contributed by atoms with Crippen molar-refractivity contribution < 1.29 is 9.53 Å². The van der Waals surface area contributed by atoms with Crippen LogP contribution in [0.4, 0.5) is 16.3 Å². The molecule has 0 radical (unpaired) electrons. The average Bonchev–Trinajstić information content (AvgIpc) is 2.75. The molecule has 1 aliphatic heterocycles. The van der Waals surface area contributed by atoms with Gasteiger partial charge in [-0.1, -0.05) is 6.92 Å². The summed E-state index contributed by atoms with van der Waals surface area (Å²) < 4.78 is 5.47. The number of nitrogens with zero attached hydrogens (tertiary/aromatic N) is 3. The summed E-state index contributed by atoms with van der Waals surface area (Å²) in [6.07, 6.45) is 3.35. The number of likely N-dealkylation sites (tertiary alicyclic amines) is 1. The number of nitrogens with one attached hydrogen (secondary N) is 2. The summed E-state index contributed by atoms with van der Waals surface area (Å²) in [6.45, 7) is 11.0. The monoisotopic (exact) mass is 457 g/mol. The maximum atomic E-state index is 12.2. The molecule has 0 spiro atoms. The number of amides is 1. The molecule has 32 heavy (non-hydrogen) atoms. The zero-order chi connectivity index (χ0) is 23.0. The number of carbonyl (C=O) groups is 1. The number of ether oxygens (including phenoxy) is 1. The summed E-state index contributed by atoms with van der Waals surface area (Å²) in [7, 11) is 0. The van der Waals surface area contributed by atoms with Crippen LogP contribution in [0.2, 0.25) is 0 Å². The van der Waals surface area contributed by atoms with E-state index in [9.17, 15) is 4.79 Å². The first-order valence-electron chi connectivity index (χ1n) is 11.3. The predicted octanol–water partition coefficient (Wildman–Crippen LogP) is 5.07. The van der Waals surface area contributed by atoms with E-state index in [2.05, 4.69) is 51.8 Å². The fourth-order valence-electron chi connectivity index (χ4n) is 3.56. The van der Waals surface area contributed by atoms with Crippen molar-refractivity contribution >= 4 is 29.4 Å². The lowest BCUT2D eigenvalue weighted by Gasteiger charge is -2.33. The number of piperidine rings is 1. The molecule has 7 nitrogen and oxygen atoms in total. The summed E-state index contributed by atoms with van der Waals surface area (Å²) >= 11 is 1.83. The van der Waals surface area contributed by atoms with E-state index >= 15 is 0 Å². The van der Waals surface area contributed by atoms with Gasteiger partial charge in [0.15, 0.2) is 0 Å². The highest BCUT2D eigenvalue weighted by atomic mass is 32.2. The average molecular weight is 458 g/mol. The van der Waals surface area contributed by atoms with Crippen molar-refractivity contribution in [3.63, 3.8) is 0 Å². The van der Waals surface area contributed by atoms with E-state index < -0.39 is 5.60 Å². The van der Waals surface area contributed by atoms with Gasteiger partial charge in [-0.25, -0.2) is 14.8 Å². The summed E-state index contributed by atoms with van der Waals surface area (Å²) in [5.41, 5.74) is 1.52. The summed E-state index contributed by atoms with van der Waals surface area (Å²) in [4.78, 5) is 24.0. The second-order valence-electron chi connectivity index (χ2n) is 9.02. The van der Waals surface area contributed by atoms with Crippen LogP contribution in [-0.4, -0.2) is 51.9 Å². The van der Waals surface area contributed by atoms with Crippen LogP contribution in [-0.2, 0) is 11.3 Å². The lowest BCUT2D eigenvalue weighted by molar-refractivity contribution is 0.0184. The summed E-state index contributed by atoms with van der Waals surface area (Å²) in [5, 5.41) is 6.86. The van der Waals surface area contributed by atoms with Gasteiger partial charge >= 0.3 is 6.09 Å². The molecule has 0 aliphatic carbocycles. The second-order valence-corrected chi connectivity index (χ2v) is 10.4. The van der Waals surface area contributed by atoms with E-state index in [1.165, 1.54) is 4.90 Å². The van der Waals surface area contributed by atoms with E-state index in [-0.39, 0.29) is 6.09 Å². The number of hydrogen-bond donors (Lipinski definition) is 2. The topological polar surface area (TPSA) is 79.4 Å². The van der Waals surface area contributed by atoms with Crippen LogP contribution in [0.25, 0.3) is 0 Å². The molecule has 1 aromatic heterocycles. The Hall–Kier alpha value is -2.32. The standard InChI is InChI=1S/C24H35N5O2S/c1-5-32-21-8-6-19(7-9-21)28-22-14-20(26-17-27-22)16-25-15-18-10-12-29(13-11-18)23(30)31-24(2,3)4/h6-9,14,17-18,25H,5,10-13,15-16H2,1-4H3,(H,26,27,28). The van der Waals surface area contributed by atoms with E-state index in [0.29, 0.717) is 12.5 Å². The highest BCUT2D eigenvalue weighted by molar-refractivity contribution is 7.99. The number of benzene rings is 1. The van der Waals surface area contributed by atoms with E-state index in [0.717, 1.165) is 55.4 Å². The van der Waals surface area contributed by atoms with Gasteiger partial charge in [-0.15, -0.1) is 11.8 Å². The van der Waals surface area contributed by atoms with Crippen molar-refractivity contribution in [1.82, 2.24) is 20.2 Å². The molecule has 3 rings (SSSR count). The Balaban J connectivity index is 1.41. The molecule has 0 atom stereocenters. The van der Waals surface area contributed by atoms with Gasteiger partial charge in [-0.05, 0) is 76.1 Å². The van der Waals surface area contributed by atoms with Crippen LogP contribution in [0, 0.1) is 5.92 Å². The zero-order valence-corrected chi connectivity index (χ0v) is 20.4. The molecule has 2 heterocycles. The normalized spacial score (nSPS) is 14.9. The minimum atomic E-state index is -0.446. The van der Waals surface area contributed by atoms with E-state index in [1.54, 1.807) is 6.33 Å². The summed E-state index contributed by atoms with van der Waals surface area (Å²) in [5.74, 6) is 2.41. The third-order valence-corrected chi connectivity index (χ3v) is 6.06. The lowest BCUT2D eigenvalue weighted by Crippen LogP contribution is -2.43. The Labute approximate surface area is 195 Å². The molecule has 174 valence electrons. The van der Waals surface area contributed by atoms with Gasteiger partial charge in [0.2, 0.25) is 0 Å². The second kappa shape index (κ2) is 11.5. The van der Waals surface area contributed by atoms with Gasteiger partial charge in [0.25, 0.3) is 0 Å². The molecule has 2 N–H and O–H groups in total. The largest absolute Gasteiger partial charge is 0.444 e. The van der Waals surface area contributed by atoms with Crippen LogP contribution < -0.4 is 10.6 Å². The van der Waals surface area contributed by atoms with Crippen LogP contribution in [0.3, 0.4) is 0 Å². The third-order valence-electron chi connectivity index (χ3n) is 5.17. The zero-order valence-electron chi connectivity index (χ0n) is 19.6. The Morgan fingerprint density at radius 1 is 1.19 bits per heavy atom. The molecule has 2 aromatic rings. The van der Waals surface area contributed by atoms with Crippen molar-refractivity contribution in [3.8, 4) is 0 Å². The Morgan fingerprint density at radius 3 is 2.56 bits per heavy atom. The fraction of sp³-hybridized carbons (Fsp3) is 0.542. The molecule has 1 aromatic carbocycles. The number of rotatable bonds is 8. The number of carbonyl (C=O) groups excluding carboxylic acids is 1. The highest BCUT2D eigenvalue weighted by Crippen LogP contribution is 2.22. The van der Waals surface area contributed by atoms with Crippen LogP contribution in [0.15, 0.2) is 41.6 Å². The Kier molecular flexibility index (Phi) is 8.75. The van der Waals surface area contributed by atoms with Crippen molar-refractivity contribution in [2.45, 2.75) is 57.6 Å². The van der Waals surface area contributed by atoms with Crippen LogP contribution in [0.1, 0.15) is 46.2 Å². The first-order chi connectivity index (χ1) is 15.3. The SMILES string of the molecule is CCSc1ccc(Nc2cc(CNCC3CCN(C(=O)OC(C)(C)C)CC3)ncn2)cc1. The minimum Gasteiger partial charge on any atom is -0.444 e. The molecule has 0 bridgehead atoms. The molecule has 1 aliphatic rings. The van der Waals surface area contributed by atoms with Crippen molar-refractivity contribution in [1.29, 1.82) is 0 Å². The van der Waals surface area contributed by atoms with Crippen LogP contribution >= 0.6 is 11.8 Å². The molecule has 0 saturated carbocycles. The lowest BCUT2D eigenvalue weighted by atomic mass is 9.97. The van der Waals surface area contributed by atoms with Gasteiger partial charge in [-0.2, -0.15) is 0 Å². The number of anilines is 2. The van der Waals surface area contributed by atoms with Gasteiger partial charge in [-0.3, -0.25) is 0 Å². The smallest absolute Gasteiger partial charge is 0.410 e. The predicted molar refractivity (Wildman–Crippen MR) is 130 cm³/mol. The van der Waals surface area contributed by atoms with Gasteiger partial charge in [0.05, 0.1) is 5.69 Å². The quantitative estimate of drug-likeness (QED) is 0.536. The Bertz CT molecular complexity index is 861. The molecule has 8 heteroatoms. The first kappa shape index (κ1) is 24.3. The van der Waals surface area contributed by atoms with Crippen molar-refractivity contribution in [2.75, 3.05) is 30.7 Å². The number of hydrogen-bond acceptors (Lipinski definition) is 7. The van der Waals surface area contributed by atoms with Gasteiger partial charge in [0, 0.05) is 36.3 Å². The third kappa shape index (κ3) is 7.98. The Morgan fingerprint density at radius 2 is 1.91 bits per heavy atom. The summed E-state index contributed by atoms with van der Waals surface area (Å²) in [6, 6.07) is 10.4. The van der Waals surface area contributed by atoms with Gasteiger partial charge < -0.3 is 20.3 Å². The maximum Gasteiger partial charge on any atom is 0.410 e. The van der Waals surface area contributed by atoms with E-state index in [4.69, 9.17) is 4.74 Å². The first-order valence-corrected chi connectivity index (χ1v) is 12.3. The maximum absolute atomic E-state index is 12.2. The molecule has 0 unspecified atom stereocenters. The van der Waals surface area contributed by atoms with Gasteiger partial charge in [0.1, 0.15) is 17.7 Å². The fourth-order valence-corrected chi connectivity index (χ4v) is 4.22. The molecule has 1 amide bonds. The highest BCUT2D eigenvalue weighted by Gasteiger charge is 2.26. The molecular weight excluding hydrogens is 422 g/mol. The molecular formula is C24H35N5O2S. The van der Waals surface area contributed by atoms with E-state index in [1.807, 2.05) is 43.5 Å². The number of thioether (sulfide) groups is 1. The van der Waals surface area contributed by atoms with Crippen molar-refractivity contribution in [2.24, 2.45) is 5.92 Å².